The summed E-state index contributed by atoms with van der Waals surface area (Å²) in [6.45, 7) is -0.674. The maximum atomic E-state index is 14.1. The predicted molar refractivity (Wildman–Crippen MR) is 189 cm³/mol. The minimum Gasteiger partial charge on any atom is -0.508 e. The van der Waals surface area contributed by atoms with Gasteiger partial charge in [-0.2, -0.15) is 0 Å². The van der Waals surface area contributed by atoms with E-state index in [1.807, 2.05) is 24.3 Å². The summed E-state index contributed by atoms with van der Waals surface area (Å²) in [6.07, 6.45) is 0.661. The van der Waals surface area contributed by atoms with Gasteiger partial charge >= 0.3 is 5.97 Å². The summed E-state index contributed by atoms with van der Waals surface area (Å²) in [5.41, 5.74) is 10.2. The Kier molecular flexibility index (Phi) is 13.9. The molecule has 17 nitrogen and oxygen atoms in total. The van der Waals surface area contributed by atoms with Crippen LogP contribution in [-0.4, -0.2) is 91.7 Å². The smallest absolute Gasteiger partial charge is 0.303 e. The molecule has 0 unspecified atom stereocenters. The molecule has 4 rings (SSSR count). The molecule has 17 heteroatoms. The highest BCUT2D eigenvalue weighted by Crippen LogP contribution is 2.20. The van der Waals surface area contributed by atoms with Crippen LogP contribution >= 0.6 is 0 Å². The highest BCUT2D eigenvalue weighted by atomic mass is 16.5. The number of carboxylic acid groups (broad SMARTS) is 1. The van der Waals surface area contributed by atoms with E-state index in [1.165, 1.54) is 41.9 Å². The van der Waals surface area contributed by atoms with Crippen LogP contribution in [0.4, 0.5) is 0 Å². The summed E-state index contributed by atoms with van der Waals surface area (Å²) in [6, 6.07) is 14.0. The summed E-state index contributed by atoms with van der Waals surface area (Å²) in [7, 11) is 0. The third-order valence-electron chi connectivity index (χ3n) is 8.30. The highest BCUT2D eigenvalue weighted by molar-refractivity contribution is 5.96. The maximum Gasteiger partial charge on any atom is 0.303 e. The Morgan fingerprint density at radius 2 is 1.23 bits per heavy atom. The maximum absolute atomic E-state index is 14.1. The molecular formula is C36H41N7O10. The van der Waals surface area contributed by atoms with Crippen molar-refractivity contribution in [1.29, 1.82) is 0 Å². The molecule has 3 aromatic carbocycles. The molecule has 1 heterocycles. The van der Waals surface area contributed by atoms with E-state index in [-0.39, 0.29) is 37.2 Å². The summed E-state index contributed by atoms with van der Waals surface area (Å²) in [5, 5.41) is 48.2. The summed E-state index contributed by atoms with van der Waals surface area (Å²) >= 11 is 0. The van der Waals surface area contributed by atoms with Gasteiger partial charge in [-0.05, 0) is 59.9 Å². The molecular weight excluding hydrogens is 690 g/mol. The van der Waals surface area contributed by atoms with Crippen LogP contribution in [0.5, 0.6) is 11.5 Å². The van der Waals surface area contributed by atoms with Gasteiger partial charge in [-0.1, -0.05) is 42.5 Å². The number of phenols is 2. The molecule has 0 fully saturated rings. The van der Waals surface area contributed by atoms with E-state index in [0.717, 1.165) is 10.9 Å². The number of aromatic amines is 1. The Balaban J connectivity index is 1.61. The lowest BCUT2D eigenvalue weighted by Crippen LogP contribution is -2.59. The molecule has 5 amide bonds. The number of para-hydroxylation sites is 1. The van der Waals surface area contributed by atoms with Crippen LogP contribution in [0.3, 0.4) is 0 Å². The summed E-state index contributed by atoms with van der Waals surface area (Å²) in [4.78, 5) is 80.2. The number of aromatic hydroxyl groups is 2. The van der Waals surface area contributed by atoms with Gasteiger partial charge in [-0.25, -0.2) is 5.48 Å². The second-order valence-electron chi connectivity index (χ2n) is 12.3. The molecule has 53 heavy (non-hydrogen) atoms. The van der Waals surface area contributed by atoms with E-state index < -0.39 is 72.6 Å². The van der Waals surface area contributed by atoms with Crippen LogP contribution < -0.4 is 32.5 Å². The molecule has 0 bridgehead atoms. The van der Waals surface area contributed by atoms with Gasteiger partial charge in [0, 0.05) is 36.4 Å². The van der Waals surface area contributed by atoms with Crippen molar-refractivity contribution in [2.75, 3.05) is 6.54 Å². The minimum atomic E-state index is -1.47. The minimum absolute atomic E-state index is 0.0301. The number of carbonyl (C=O) groups excluding carboxylic acids is 5. The van der Waals surface area contributed by atoms with Gasteiger partial charge in [-0.3, -0.25) is 34.0 Å². The molecule has 4 atom stereocenters. The summed E-state index contributed by atoms with van der Waals surface area (Å²) in [5.74, 6) is -5.53. The molecule has 0 aliphatic carbocycles. The molecule has 0 aliphatic heterocycles. The fraction of sp³-hybridized carbons (Fsp3) is 0.278. The number of amides is 5. The van der Waals surface area contributed by atoms with Crippen molar-refractivity contribution < 1.29 is 49.3 Å². The van der Waals surface area contributed by atoms with Gasteiger partial charge in [0.15, 0.2) is 0 Å². The van der Waals surface area contributed by atoms with E-state index in [1.54, 1.807) is 18.3 Å². The number of carboxylic acids is 1. The van der Waals surface area contributed by atoms with Gasteiger partial charge in [-0.15, -0.1) is 0 Å². The van der Waals surface area contributed by atoms with Crippen molar-refractivity contribution >= 4 is 46.4 Å². The average molecular weight is 732 g/mol. The van der Waals surface area contributed by atoms with Crippen LogP contribution in [0.25, 0.3) is 10.9 Å². The van der Waals surface area contributed by atoms with Crippen LogP contribution in [0.1, 0.15) is 29.5 Å². The molecule has 1 aromatic heterocycles. The zero-order chi connectivity index (χ0) is 38.5. The molecule has 0 spiro atoms. The second kappa shape index (κ2) is 18.7. The Hall–Kier alpha value is -6.46. The Morgan fingerprint density at radius 1 is 0.679 bits per heavy atom. The number of H-pyrrole nitrogens is 1. The highest BCUT2D eigenvalue weighted by Gasteiger charge is 2.32. The third-order valence-corrected chi connectivity index (χ3v) is 8.30. The lowest BCUT2D eigenvalue weighted by atomic mass is 10.0. The van der Waals surface area contributed by atoms with Crippen molar-refractivity contribution in [2.24, 2.45) is 5.73 Å². The van der Waals surface area contributed by atoms with E-state index in [4.69, 9.17) is 10.9 Å². The summed E-state index contributed by atoms with van der Waals surface area (Å²) < 4.78 is 0. The molecule has 0 aliphatic rings. The monoisotopic (exact) mass is 731 g/mol. The Bertz CT molecular complexity index is 1910. The topological polar surface area (TPSA) is 285 Å². The number of aliphatic carboxylic acids is 1. The van der Waals surface area contributed by atoms with Crippen molar-refractivity contribution in [1.82, 2.24) is 31.7 Å². The second-order valence-corrected chi connectivity index (χ2v) is 12.3. The van der Waals surface area contributed by atoms with Gasteiger partial charge in [0.2, 0.25) is 23.6 Å². The van der Waals surface area contributed by atoms with E-state index >= 15 is 0 Å². The van der Waals surface area contributed by atoms with Crippen LogP contribution in [-0.2, 0) is 48.0 Å². The first-order valence-electron chi connectivity index (χ1n) is 16.5. The first-order chi connectivity index (χ1) is 25.3. The number of nitrogens with one attached hydrogen (secondary N) is 6. The standard InChI is InChI=1S/C36H41N7O10/c37-26(15-20-5-9-23(44)10-6-20)33(49)41-30(17-22-18-38-27-4-2-1-3-25(22)27)36(52)42-29(16-21-7-11-24(45)12-8-21)35(51)40-28(13-14-32(47)48)34(50)39-19-31(46)43-53/h1-12,18,26,28-30,38,44-45,53H,13-17,19,37H2,(H,39,50)(H,40,51)(H,41,49)(H,42,52)(H,43,46)(H,47,48)/t26-,28-,29-,30-/m0/s1. The molecule has 0 saturated heterocycles. The number of nitrogens with two attached hydrogens (primary N) is 1. The largest absolute Gasteiger partial charge is 0.508 e. The number of hydrogen-bond acceptors (Lipinski definition) is 10. The number of phenolic OH excluding ortho intramolecular Hbond substituents is 2. The van der Waals surface area contributed by atoms with Crippen molar-refractivity contribution in [3.8, 4) is 11.5 Å². The number of aromatic nitrogens is 1. The van der Waals surface area contributed by atoms with E-state index in [9.17, 15) is 44.1 Å². The third kappa shape index (κ3) is 11.8. The van der Waals surface area contributed by atoms with Gasteiger partial charge in [0.1, 0.15) is 29.6 Å². The van der Waals surface area contributed by atoms with Gasteiger partial charge in [0.05, 0.1) is 12.6 Å². The fourth-order valence-electron chi connectivity index (χ4n) is 5.48. The molecule has 4 aromatic rings. The number of benzene rings is 3. The van der Waals surface area contributed by atoms with Crippen molar-refractivity contribution in [3.63, 3.8) is 0 Å². The molecule has 0 saturated carbocycles. The van der Waals surface area contributed by atoms with Gasteiger partial charge < -0.3 is 47.3 Å². The zero-order valence-electron chi connectivity index (χ0n) is 28.4. The molecule has 12 N–H and O–H groups in total. The number of hydroxylamine groups is 1. The van der Waals surface area contributed by atoms with Gasteiger partial charge in [0.25, 0.3) is 5.91 Å². The predicted octanol–water partition coefficient (Wildman–Crippen LogP) is -0.125. The zero-order valence-corrected chi connectivity index (χ0v) is 28.4. The first kappa shape index (κ1) is 39.3. The van der Waals surface area contributed by atoms with Crippen LogP contribution in [0.2, 0.25) is 0 Å². The number of rotatable bonds is 18. The average Bonchev–Trinajstić information content (AvgIpc) is 3.55. The van der Waals surface area contributed by atoms with Crippen LogP contribution in [0, 0.1) is 0 Å². The normalized spacial score (nSPS) is 13.2. The number of fused-ring (bicyclic) bond motifs is 1. The molecule has 280 valence electrons. The quantitative estimate of drug-likeness (QED) is 0.0474. The van der Waals surface area contributed by atoms with E-state index in [2.05, 4.69) is 26.3 Å². The Morgan fingerprint density at radius 3 is 1.83 bits per heavy atom. The Labute approximate surface area is 302 Å². The SMILES string of the molecule is N[C@@H](Cc1ccc(O)cc1)C(=O)N[C@@H](Cc1c[nH]c2ccccc12)C(=O)N[C@@H](Cc1ccc(O)cc1)C(=O)N[C@@H](CCC(=O)O)C(=O)NCC(=O)NO. The van der Waals surface area contributed by atoms with Crippen LogP contribution in [0.15, 0.2) is 79.0 Å². The van der Waals surface area contributed by atoms with Crippen molar-refractivity contribution in [2.45, 2.75) is 56.3 Å². The number of hydrogen-bond donors (Lipinski definition) is 11. The molecule has 0 radical (unpaired) electrons. The lowest BCUT2D eigenvalue weighted by Gasteiger charge is -2.26. The lowest BCUT2D eigenvalue weighted by molar-refractivity contribution is -0.138. The first-order valence-corrected chi connectivity index (χ1v) is 16.5. The van der Waals surface area contributed by atoms with E-state index in [0.29, 0.717) is 16.7 Å². The fourth-order valence-corrected chi connectivity index (χ4v) is 5.48. The number of carbonyl (C=O) groups is 6. The van der Waals surface area contributed by atoms with Crippen molar-refractivity contribution in [3.05, 3.63) is 95.7 Å².